The molecule has 0 aliphatic heterocycles. The molecule has 5 heteroatoms. The van der Waals surface area contributed by atoms with Gasteiger partial charge in [0.05, 0.1) is 5.69 Å². The Labute approximate surface area is 124 Å². The average molecular weight is 286 g/mol. The van der Waals surface area contributed by atoms with Gasteiger partial charge in [-0.25, -0.2) is 0 Å². The Morgan fingerprint density at radius 1 is 1.19 bits per heavy atom. The molecule has 0 unspecified atom stereocenters. The van der Waals surface area contributed by atoms with Gasteiger partial charge in [-0.1, -0.05) is 0 Å². The van der Waals surface area contributed by atoms with Gasteiger partial charge in [0.1, 0.15) is 5.69 Å². The van der Waals surface area contributed by atoms with Crippen LogP contribution < -0.4 is 16.6 Å². The monoisotopic (exact) mass is 286 g/mol. The molecule has 4 aliphatic rings. The fraction of sp³-hybridized carbons (Fsp3) is 0.625. The molecule has 1 amide bonds. The van der Waals surface area contributed by atoms with E-state index in [0.29, 0.717) is 11.4 Å². The van der Waals surface area contributed by atoms with Gasteiger partial charge in [0.2, 0.25) is 0 Å². The average Bonchev–Trinajstić information content (AvgIpc) is 2.45. The van der Waals surface area contributed by atoms with Gasteiger partial charge in [-0.05, 0) is 68.4 Å². The number of nitrogen functional groups attached to an aromatic ring is 1. The van der Waals surface area contributed by atoms with E-state index in [9.17, 15) is 4.79 Å². The number of anilines is 1. The normalized spacial score (nSPS) is 36.5. The lowest BCUT2D eigenvalue weighted by atomic mass is 9.53. The SMILES string of the molecule is NNc1ccnc(C(=O)NC23CC4CC(CC(C4)C2)C3)c1. The van der Waals surface area contributed by atoms with Crippen LogP contribution in [-0.4, -0.2) is 16.4 Å². The molecule has 4 fully saturated rings. The van der Waals surface area contributed by atoms with E-state index in [4.69, 9.17) is 5.84 Å². The van der Waals surface area contributed by atoms with Crippen molar-refractivity contribution >= 4 is 11.6 Å². The van der Waals surface area contributed by atoms with E-state index in [-0.39, 0.29) is 11.4 Å². The second-order valence-electron chi connectivity index (χ2n) is 7.23. The van der Waals surface area contributed by atoms with Crippen molar-refractivity contribution in [1.29, 1.82) is 0 Å². The molecular formula is C16H22N4O. The molecule has 0 aromatic carbocycles. The summed E-state index contributed by atoms with van der Waals surface area (Å²) in [6, 6.07) is 3.46. The molecule has 4 saturated carbocycles. The Bertz CT molecular complexity index is 536. The molecule has 0 radical (unpaired) electrons. The molecule has 5 nitrogen and oxygen atoms in total. The zero-order chi connectivity index (χ0) is 14.4. The fourth-order valence-corrected chi connectivity index (χ4v) is 5.21. The van der Waals surface area contributed by atoms with E-state index >= 15 is 0 Å². The molecule has 1 aromatic rings. The summed E-state index contributed by atoms with van der Waals surface area (Å²) in [7, 11) is 0. The number of carbonyl (C=O) groups is 1. The number of nitrogens with zero attached hydrogens (tertiary/aromatic N) is 1. The number of nitrogens with one attached hydrogen (secondary N) is 2. The van der Waals surface area contributed by atoms with Crippen molar-refractivity contribution in [1.82, 2.24) is 10.3 Å². The van der Waals surface area contributed by atoms with E-state index in [2.05, 4.69) is 15.7 Å². The molecule has 0 saturated heterocycles. The topological polar surface area (TPSA) is 80.0 Å². The zero-order valence-electron chi connectivity index (χ0n) is 12.1. The summed E-state index contributed by atoms with van der Waals surface area (Å²) in [5, 5.41) is 3.32. The molecule has 112 valence electrons. The van der Waals surface area contributed by atoms with E-state index in [1.54, 1.807) is 18.3 Å². The maximum absolute atomic E-state index is 12.6. The summed E-state index contributed by atoms with van der Waals surface area (Å²) in [4.78, 5) is 16.7. The smallest absolute Gasteiger partial charge is 0.270 e. The van der Waals surface area contributed by atoms with E-state index in [0.717, 1.165) is 37.0 Å². The van der Waals surface area contributed by atoms with Gasteiger partial charge in [-0.2, -0.15) is 0 Å². The van der Waals surface area contributed by atoms with E-state index < -0.39 is 0 Å². The maximum Gasteiger partial charge on any atom is 0.270 e. The summed E-state index contributed by atoms with van der Waals surface area (Å²) < 4.78 is 0. The number of carbonyl (C=O) groups excluding carboxylic acids is 1. The van der Waals surface area contributed by atoms with Gasteiger partial charge in [-0.3, -0.25) is 15.6 Å². The van der Waals surface area contributed by atoms with Crippen LogP contribution in [0, 0.1) is 17.8 Å². The third-order valence-corrected chi connectivity index (χ3v) is 5.58. The summed E-state index contributed by atoms with van der Waals surface area (Å²) in [6.07, 6.45) is 9.20. The van der Waals surface area contributed by atoms with Gasteiger partial charge in [0.25, 0.3) is 5.91 Å². The summed E-state index contributed by atoms with van der Waals surface area (Å²) in [5.41, 5.74) is 3.74. The summed E-state index contributed by atoms with van der Waals surface area (Å²) in [5.74, 6) is 7.80. The number of hydrogen-bond donors (Lipinski definition) is 3. The Morgan fingerprint density at radius 2 is 1.81 bits per heavy atom. The largest absolute Gasteiger partial charge is 0.345 e. The van der Waals surface area contributed by atoms with Crippen LogP contribution in [0.25, 0.3) is 0 Å². The first kappa shape index (κ1) is 13.1. The summed E-state index contributed by atoms with van der Waals surface area (Å²) in [6.45, 7) is 0. The van der Waals surface area contributed by atoms with Crippen molar-refractivity contribution < 1.29 is 4.79 Å². The van der Waals surface area contributed by atoms with Gasteiger partial charge in [0, 0.05) is 11.7 Å². The lowest BCUT2D eigenvalue weighted by molar-refractivity contribution is -0.0167. The first-order valence-corrected chi connectivity index (χ1v) is 7.91. The highest BCUT2D eigenvalue weighted by Crippen LogP contribution is 2.55. The Kier molecular flexibility index (Phi) is 2.92. The first-order chi connectivity index (χ1) is 10.2. The number of nitrogens with two attached hydrogens (primary N) is 1. The van der Waals surface area contributed by atoms with Crippen molar-refractivity contribution in [2.24, 2.45) is 23.6 Å². The Hall–Kier alpha value is -1.62. The molecule has 4 bridgehead atoms. The van der Waals surface area contributed by atoms with Gasteiger partial charge < -0.3 is 10.7 Å². The minimum atomic E-state index is -0.0611. The highest BCUT2D eigenvalue weighted by Gasteiger charge is 2.51. The molecular weight excluding hydrogens is 264 g/mol. The van der Waals surface area contributed by atoms with Crippen LogP contribution in [0.5, 0.6) is 0 Å². The van der Waals surface area contributed by atoms with Crippen LogP contribution in [0.1, 0.15) is 49.0 Å². The lowest BCUT2D eigenvalue weighted by Crippen LogP contribution is -2.59. The second kappa shape index (κ2) is 4.70. The number of rotatable bonds is 3. The van der Waals surface area contributed by atoms with Gasteiger partial charge >= 0.3 is 0 Å². The van der Waals surface area contributed by atoms with Gasteiger partial charge in [0.15, 0.2) is 0 Å². The second-order valence-corrected chi connectivity index (χ2v) is 7.23. The molecule has 0 atom stereocenters. The van der Waals surface area contributed by atoms with Crippen LogP contribution >= 0.6 is 0 Å². The molecule has 1 aromatic heterocycles. The minimum Gasteiger partial charge on any atom is -0.345 e. The third kappa shape index (κ3) is 2.29. The number of aromatic nitrogens is 1. The molecule has 4 aliphatic carbocycles. The predicted octanol–water partition coefficient (Wildman–Crippen LogP) is 2.07. The third-order valence-electron chi connectivity index (χ3n) is 5.58. The maximum atomic E-state index is 12.6. The number of amides is 1. The number of hydrazine groups is 1. The minimum absolute atomic E-state index is 0.0274. The van der Waals surface area contributed by atoms with Crippen LogP contribution in [0.4, 0.5) is 5.69 Å². The summed E-state index contributed by atoms with van der Waals surface area (Å²) >= 11 is 0. The molecule has 4 N–H and O–H groups in total. The van der Waals surface area contributed by atoms with Crippen molar-refractivity contribution in [3.63, 3.8) is 0 Å². The number of hydrogen-bond acceptors (Lipinski definition) is 4. The predicted molar refractivity (Wildman–Crippen MR) is 80.4 cm³/mol. The lowest BCUT2D eigenvalue weighted by Gasteiger charge is -2.56. The Morgan fingerprint density at radius 3 is 2.38 bits per heavy atom. The van der Waals surface area contributed by atoms with Crippen LogP contribution in [0.15, 0.2) is 18.3 Å². The van der Waals surface area contributed by atoms with Crippen LogP contribution in [-0.2, 0) is 0 Å². The van der Waals surface area contributed by atoms with Gasteiger partial charge in [-0.15, -0.1) is 0 Å². The van der Waals surface area contributed by atoms with E-state index in [1.165, 1.54) is 19.3 Å². The zero-order valence-corrected chi connectivity index (χ0v) is 12.1. The van der Waals surface area contributed by atoms with E-state index in [1.807, 2.05) is 0 Å². The highest BCUT2D eigenvalue weighted by molar-refractivity contribution is 5.93. The van der Waals surface area contributed by atoms with Crippen molar-refractivity contribution in [3.05, 3.63) is 24.0 Å². The number of pyridine rings is 1. The fourth-order valence-electron chi connectivity index (χ4n) is 5.21. The molecule has 21 heavy (non-hydrogen) atoms. The van der Waals surface area contributed by atoms with Crippen molar-refractivity contribution in [2.45, 2.75) is 44.1 Å². The Balaban J connectivity index is 1.54. The quantitative estimate of drug-likeness (QED) is 0.587. The standard InChI is InChI=1S/C16H22N4O/c17-20-13-1-2-18-14(6-13)15(21)19-16-7-10-3-11(8-16)5-12(4-10)9-16/h1-2,6,10-12H,3-5,7-9,17H2,(H,18,20)(H,19,21). The molecule has 5 rings (SSSR count). The first-order valence-electron chi connectivity index (χ1n) is 7.91. The van der Waals surface area contributed by atoms with Crippen molar-refractivity contribution in [3.8, 4) is 0 Å². The van der Waals surface area contributed by atoms with Crippen molar-refractivity contribution in [2.75, 3.05) is 5.43 Å². The van der Waals surface area contributed by atoms with Crippen LogP contribution in [0.3, 0.4) is 0 Å². The molecule has 1 heterocycles. The molecule has 0 spiro atoms. The highest BCUT2D eigenvalue weighted by atomic mass is 16.2. The van der Waals surface area contributed by atoms with Crippen LogP contribution in [0.2, 0.25) is 0 Å².